The molecule has 0 aliphatic heterocycles. The molecule has 1 N–H and O–H groups in total. The van der Waals surface area contributed by atoms with Crippen molar-refractivity contribution in [3.63, 3.8) is 0 Å². The van der Waals surface area contributed by atoms with Gasteiger partial charge in [-0.1, -0.05) is 0 Å². The molecule has 20 heavy (non-hydrogen) atoms. The third kappa shape index (κ3) is 3.60. The van der Waals surface area contributed by atoms with Crippen molar-refractivity contribution in [2.75, 3.05) is 13.7 Å². The highest BCUT2D eigenvalue weighted by Gasteiger charge is 2.08. The van der Waals surface area contributed by atoms with E-state index in [0.29, 0.717) is 31.1 Å². The van der Waals surface area contributed by atoms with Crippen LogP contribution in [0.1, 0.15) is 19.2 Å². The summed E-state index contributed by atoms with van der Waals surface area (Å²) in [4.78, 5) is 15.3. The van der Waals surface area contributed by atoms with Crippen molar-refractivity contribution in [2.45, 2.75) is 19.8 Å². The van der Waals surface area contributed by atoms with Crippen LogP contribution in [0.2, 0.25) is 0 Å². The molecule has 0 bridgehead atoms. The van der Waals surface area contributed by atoms with Crippen LogP contribution >= 0.6 is 0 Å². The van der Waals surface area contributed by atoms with Crippen LogP contribution in [0.25, 0.3) is 11.3 Å². The molecule has 1 amide bonds. The summed E-state index contributed by atoms with van der Waals surface area (Å²) in [6.07, 6.45) is 2.55. The van der Waals surface area contributed by atoms with Crippen LogP contribution in [0.4, 0.5) is 0 Å². The summed E-state index contributed by atoms with van der Waals surface area (Å²) < 4.78 is 11.0. The van der Waals surface area contributed by atoms with Crippen LogP contribution in [-0.2, 0) is 11.2 Å². The van der Waals surface area contributed by atoms with Gasteiger partial charge in [0, 0.05) is 25.5 Å². The predicted octanol–water partition coefficient (Wildman–Crippen LogP) is 2.42. The smallest absolute Gasteiger partial charge is 0.220 e. The molecule has 0 unspecified atom stereocenters. The Labute approximate surface area is 118 Å². The molecular formula is C15H18N2O3. The zero-order valence-corrected chi connectivity index (χ0v) is 11.7. The molecule has 2 aromatic rings. The second-order valence-corrected chi connectivity index (χ2v) is 4.25. The third-order valence-electron chi connectivity index (χ3n) is 2.85. The van der Waals surface area contributed by atoms with Crippen molar-refractivity contribution < 1.29 is 13.9 Å². The van der Waals surface area contributed by atoms with Crippen LogP contribution in [0.15, 0.2) is 34.9 Å². The Balaban J connectivity index is 2.02. The second-order valence-electron chi connectivity index (χ2n) is 4.25. The molecular weight excluding hydrogens is 256 g/mol. The Morgan fingerprint density at radius 1 is 1.35 bits per heavy atom. The van der Waals surface area contributed by atoms with Crippen LogP contribution in [0, 0.1) is 0 Å². The highest BCUT2D eigenvalue weighted by molar-refractivity contribution is 5.75. The maximum Gasteiger partial charge on any atom is 0.220 e. The summed E-state index contributed by atoms with van der Waals surface area (Å²) in [5, 5.41) is 2.57. The summed E-state index contributed by atoms with van der Waals surface area (Å²) in [5.74, 6) is 2.07. The van der Waals surface area contributed by atoms with Crippen molar-refractivity contribution in [3.8, 4) is 17.1 Å². The SMILES string of the molecule is CCOc1ccc(-c2cnc(CCC(=O)NC)o2)cc1. The molecule has 106 valence electrons. The van der Waals surface area contributed by atoms with Crippen LogP contribution in [-0.4, -0.2) is 24.5 Å². The molecule has 0 aliphatic carbocycles. The van der Waals surface area contributed by atoms with E-state index in [0.717, 1.165) is 11.3 Å². The van der Waals surface area contributed by atoms with Gasteiger partial charge in [-0.05, 0) is 31.2 Å². The maximum atomic E-state index is 11.2. The highest BCUT2D eigenvalue weighted by Crippen LogP contribution is 2.23. The highest BCUT2D eigenvalue weighted by atomic mass is 16.5. The Kier molecular flexibility index (Phi) is 4.76. The number of ether oxygens (including phenoxy) is 1. The lowest BCUT2D eigenvalue weighted by molar-refractivity contribution is -0.120. The number of aromatic nitrogens is 1. The molecule has 1 heterocycles. The first-order valence-corrected chi connectivity index (χ1v) is 6.61. The lowest BCUT2D eigenvalue weighted by Crippen LogP contribution is -2.17. The molecule has 0 saturated carbocycles. The van der Waals surface area contributed by atoms with Crippen molar-refractivity contribution in [1.82, 2.24) is 10.3 Å². The summed E-state index contributed by atoms with van der Waals surface area (Å²) in [6, 6.07) is 7.64. The number of aryl methyl sites for hydroxylation is 1. The van der Waals surface area contributed by atoms with E-state index < -0.39 is 0 Å². The minimum absolute atomic E-state index is 0.0224. The number of amides is 1. The second kappa shape index (κ2) is 6.75. The molecule has 0 atom stereocenters. The normalized spacial score (nSPS) is 10.3. The number of hydrogen-bond donors (Lipinski definition) is 1. The first-order valence-electron chi connectivity index (χ1n) is 6.61. The first-order chi connectivity index (χ1) is 9.72. The number of nitrogens with zero attached hydrogens (tertiary/aromatic N) is 1. The third-order valence-corrected chi connectivity index (χ3v) is 2.85. The Morgan fingerprint density at radius 2 is 2.10 bits per heavy atom. The minimum atomic E-state index is -0.0224. The molecule has 1 aromatic heterocycles. The standard InChI is InChI=1S/C15H18N2O3/c1-3-19-12-6-4-11(5-7-12)13-10-17-15(20-13)9-8-14(18)16-2/h4-7,10H,3,8-9H2,1-2H3,(H,16,18). The number of oxazole rings is 1. The number of nitrogens with one attached hydrogen (secondary N) is 1. The van der Waals surface area contributed by atoms with Gasteiger partial charge in [0.05, 0.1) is 12.8 Å². The van der Waals surface area contributed by atoms with Gasteiger partial charge in [-0.15, -0.1) is 0 Å². The van der Waals surface area contributed by atoms with Crippen LogP contribution in [0.5, 0.6) is 5.75 Å². The van der Waals surface area contributed by atoms with Gasteiger partial charge in [0.25, 0.3) is 0 Å². The monoisotopic (exact) mass is 274 g/mol. The van der Waals surface area contributed by atoms with Crippen LogP contribution < -0.4 is 10.1 Å². The number of carbonyl (C=O) groups is 1. The van der Waals surface area contributed by atoms with E-state index >= 15 is 0 Å². The summed E-state index contributed by atoms with van der Waals surface area (Å²) in [7, 11) is 1.61. The molecule has 0 saturated heterocycles. The molecule has 0 fully saturated rings. The fourth-order valence-corrected chi connectivity index (χ4v) is 1.79. The van der Waals surface area contributed by atoms with Crippen LogP contribution in [0.3, 0.4) is 0 Å². The van der Waals surface area contributed by atoms with Crippen molar-refractivity contribution in [1.29, 1.82) is 0 Å². The van der Waals surface area contributed by atoms with Gasteiger partial charge in [0.1, 0.15) is 5.75 Å². The molecule has 5 heteroatoms. The average Bonchev–Trinajstić information content (AvgIpc) is 2.95. The number of hydrogen-bond acceptors (Lipinski definition) is 4. The van der Waals surface area contributed by atoms with Gasteiger partial charge < -0.3 is 14.5 Å². The van der Waals surface area contributed by atoms with E-state index in [1.807, 2.05) is 31.2 Å². The lowest BCUT2D eigenvalue weighted by atomic mass is 10.2. The van der Waals surface area contributed by atoms with Gasteiger partial charge in [0.15, 0.2) is 11.7 Å². The van der Waals surface area contributed by atoms with Gasteiger partial charge in [-0.25, -0.2) is 4.98 Å². The summed E-state index contributed by atoms with van der Waals surface area (Å²) in [5.41, 5.74) is 0.937. The number of benzene rings is 1. The Hall–Kier alpha value is -2.30. The van der Waals surface area contributed by atoms with E-state index in [4.69, 9.17) is 9.15 Å². The zero-order chi connectivity index (χ0) is 14.4. The van der Waals surface area contributed by atoms with Gasteiger partial charge in [-0.2, -0.15) is 0 Å². The van der Waals surface area contributed by atoms with Crippen molar-refractivity contribution in [2.24, 2.45) is 0 Å². The largest absolute Gasteiger partial charge is 0.494 e. The van der Waals surface area contributed by atoms with Gasteiger partial charge in [0.2, 0.25) is 5.91 Å². The van der Waals surface area contributed by atoms with Gasteiger partial charge >= 0.3 is 0 Å². The van der Waals surface area contributed by atoms with Crippen molar-refractivity contribution >= 4 is 5.91 Å². The number of carbonyl (C=O) groups excluding carboxylic acids is 1. The van der Waals surface area contributed by atoms with E-state index in [9.17, 15) is 4.79 Å². The fourth-order valence-electron chi connectivity index (χ4n) is 1.79. The topological polar surface area (TPSA) is 64.4 Å². The molecule has 0 aliphatic rings. The van der Waals surface area contributed by atoms with E-state index in [1.165, 1.54) is 0 Å². The summed E-state index contributed by atoms with van der Waals surface area (Å²) in [6.45, 7) is 2.59. The Morgan fingerprint density at radius 3 is 2.75 bits per heavy atom. The molecule has 0 spiro atoms. The first kappa shape index (κ1) is 14.1. The maximum absolute atomic E-state index is 11.2. The minimum Gasteiger partial charge on any atom is -0.494 e. The predicted molar refractivity (Wildman–Crippen MR) is 75.5 cm³/mol. The van der Waals surface area contributed by atoms with E-state index in [-0.39, 0.29) is 5.91 Å². The number of rotatable bonds is 6. The Bertz CT molecular complexity index is 561. The van der Waals surface area contributed by atoms with Crippen molar-refractivity contribution in [3.05, 3.63) is 36.4 Å². The van der Waals surface area contributed by atoms with E-state index in [2.05, 4.69) is 10.3 Å². The molecule has 2 rings (SSSR count). The average molecular weight is 274 g/mol. The summed E-state index contributed by atoms with van der Waals surface area (Å²) >= 11 is 0. The fraction of sp³-hybridized carbons (Fsp3) is 0.333. The van der Waals surface area contributed by atoms with E-state index in [1.54, 1.807) is 13.2 Å². The molecule has 1 aromatic carbocycles. The molecule has 0 radical (unpaired) electrons. The lowest BCUT2D eigenvalue weighted by Gasteiger charge is -2.02. The molecule has 5 nitrogen and oxygen atoms in total. The van der Waals surface area contributed by atoms with Gasteiger partial charge in [-0.3, -0.25) is 4.79 Å². The quantitative estimate of drug-likeness (QED) is 0.878. The zero-order valence-electron chi connectivity index (χ0n) is 11.7.